The number of β-amino-alcohol motifs (C(OH)–C–C–N with tert-alkyl or cyclic N) is 1. The quantitative estimate of drug-likeness (QED) is 0.853. The maximum absolute atomic E-state index is 9.92. The topological polar surface area (TPSA) is 61.3 Å². The minimum absolute atomic E-state index is 0.278. The van der Waals surface area contributed by atoms with Gasteiger partial charge in [0, 0.05) is 37.6 Å². The van der Waals surface area contributed by atoms with Gasteiger partial charge in [0.25, 0.3) is 0 Å². The van der Waals surface area contributed by atoms with Gasteiger partial charge in [-0.3, -0.25) is 0 Å². The normalized spacial score (nSPS) is 23.4. The Morgan fingerprint density at radius 2 is 2.10 bits per heavy atom. The number of hydrogen-bond acceptors (Lipinski definition) is 5. The lowest BCUT2D eigenvalue weighted by atomic mass is 9.96. The van der Waals surface area contributed by atoms with Gasteiger partial charge in [0.1, 0.15) is 0 Å². The molecule has 1 aromatic heterocycles. The minimum atomic E-state index is -0.278. The molecule has 2 N–H and O–H groups in total. The number of aliphatic hydroxyl groups excluding tert-OH is 1. The maximum Gasteiger partial charge on any atom is 0.225 e. The lowest BCUT2D eigenvalue weighted by molar-refractivity contribution is 0.102. The van der Waals surface area contributed by atoms with Gasteiger partial charge in [-0.25, -0.2) is 9.97 Å². The van der Waals surface area contributed by atoms with Gasteiger partial charge in [-0.05, 0) is 24.8 Å². The number of nitrogens with one attached hydrogen (secondary N) is 1. The van der Waals surface area contributed by atoms with Crippen LogP contribution in [-0.4, -0.2) is 40.8 Å². The van der Waals surface area contributed by atoms with Crippen LogP contribution in [0.5, 0.6) is 0 Å². The van der Waals surface area contributed by atoms with Crippen LogP contribution in [0.4, 0.5) is 5.95 Å². The fraction of sp³-hybridized carbons (Fsp3) is 0.733. The minimum Gasteiger partial charge on any atom is -0.391 e. The van der Waals surface area contributed by atoms with E-state index < -0.39 is 0 Å². The molecule has 2 atom stereocenters. The Morgan fingerprint density at radius 3 is 2.70 bits per heavy atom. The average molecular weight is 278 g/mol. The molecule has 2 rings (SSSR count). The summed E-state index contributed by atoms with van der Waals surface area (Å²) in [7, 11) is 0. The van der Waals surface area contributed by atoms with Crippen molar-refractivity contribution in [3.05, 3.63) is 18.0 Å². The monoisotopic (exact) mass is 278 g/mol. The van der Waals surface area contributed by atoms with Crippen LogP contribution < -0.4 is 10.2 Å². The molecule has 0 saturated carbocycles. The average Bonchev–Trinajstić information content (AvgIpc) is 2.42. The third-order valence-corrected chi connectivity index (χ3v) is 3.77. The molecule has 2 heterocycles. The number of aromatic nitrogens is 2. The predicted molar refractivity (Wildman–Crippen MR) is 80.6 cm³/mol. The Balaban J connectivity index is 1.88. The SMILES string of the molecule is CC(C)CNCc1cnc(N2CCC(C)C(O)C2)nc1. The van der Waals surface area contributed by atoms with Crippen LogP contribution in [0.15, 0.2) is 12.4 Å². The van der Waals surface area contributed by atoms with Crippen molar-refractivity contribution in [2.75, 3.05) is 24.5 Å². The lowest BCUT2D eigenvalue weighted by Gasteiger charge is -2.34. The lowest BCUT2D eigenvalue weighted by Crippen LogP contribution is -2.43. The molecule has 1 saturated heterocycles. The third kappa shape index (κ3) is 4.15. The number of piperidine rings is 1. The molecule has 1 aliphatic heterocycles. The van der Waals surface area contributed by atoms with Crippen molar-refractivity contribution in [1.29, 1.82) is 0 Å². The third-order valence-electron chi connectivity index (χ3n) is 3.77. The van der Waals surface area contributed by atoms with Crippen LogP contribution in [0.25, 0.3) is 0 Å². The molecule has 0 aromatic carbocycles. The number of anilines is 1. The molecule has 112 valence electrons. The van der Waals surface area contributed by atoms with E-state index in [0.717, 1.165) is 37.6 Å². The molecular formula is C15H26N4O. The van der Waals surface area contributed by atoms with E-state index in [9.17, 15) is 5.11 Å². The van der Waals surface area contributed by atoms with Gasteiger partial charge < -0.3 is 15.3 Å². The maximum atomic E-state index is 9.92. The van der Waals surface area contributed by atoms with Gasteiger partial charge in [0.15, 0.2) is 0 Å². The Kier molecular flexibility index (Phi) is 5.31. The summed E-state index contributed by atoms with van der Waals surface area (Å²) in [4.78, 5) is 10.9. The van der Waals surface area contributed by atoms with Crippen molar-refractivity contribution in [2.24, 2.45) is 11.8 Å². The van der Waals surface area contributed by atoms with E-state index in [4.69, 9.17) is 0 Å². The molecule has 20 heavy (non-hydrogen) atoms. The van der Waals surface area contributed by atoms with Crippen molar-refractivity contribution in [1.82, 2.24) is 15.3 Å². The molecule has 2 unspecified atom stereocenters. The highest BCUT2D eigenvalue weighted by Crippen LogP contribution is 2.20. The largest absolute Gasteiger partial charge is 0.391 e. The van der Waals surface area contributed by atoms with Gasteiger partial charge in [-0.2, -0.15) is 0 Å². The van der Waals surface area contributed by atoms with Crippen LogP contribution in [0.1, 0.15) is 32.8 Å². The van der Waals surface area contributed by atoms with Crippen LogP contribution in [0.2, 0.25) is 0 Å². The highest BCUT2D eigenvalue weighted by atomic mass is 16.3. The van der Waals surface area contributed by atoms with E-state index in [2.05, 4.69) is 41.0 Å². The van der Waals surface area contributed by atoms with Gasteiger partial charge in [0.05, 0.1) is 6.10 Å². The standard InChI is InChI=1S/C15H26N4O/c1-11(2)6-16-7-13-8-17-15(18-9-13)19-5-4-12(3)14(20)10-19/h8-9,11-12,14,16,20H,4-7,10H2,1-3H3. The summed E-state index contributed by atoms with van der Waals surface area (Å²) in [6.07, 6.45) is 4.46. The second kappa shape index (κ2) is 6.99. The van der Waals surface area contributed by atoms with Crippen molar-refractivity contribution in [3.8, 4) is 0 Å². The van der Waals surface area contributed by atoms with Crippen molar-refractivity contribution in [2.45, 2.75) is 39.8 Å². The van der Waals surface area contributed by atoms with E-state index in [1.807, 2.05) is 12.4 Å². The first kappa shape index (κ1) is 15.2. The number of hydrogen-bond donors (Lipinski definition) is 2. The van der Waals surface area contributed by atoms with Gasteiger partial charge in [-0.15, -0.1) is 0 Å². The van der Waals surface area contributed by atoms with E-state index in [1.165, 1.54) is 0 Å². The zero-order valence-corrected chi connectivity index (χ0v) is 12.7. The zero-order chi connectivity index (χ0) is 14.5. The first-order valence-corrected chi connectivity index (χ1v) is 7.51. The first-order valence-electron chi connectivity index (χ1n) is 7.51. The Morgan fingerprint density at radius 1 is 1.40 bits per heavy atom. The number of nitrogens with zero attached hydrogens (tertiary/aromatic N) is 3. The molecular weight excluding hydrogens is 252 g/mol. The Bertz CT molecular complexity index is 407. The van der Waals surface area contributed by atoms with E-state index in [1.54, 1.807) is 0 Å². The highest BCUT2D eigenvalue weighted by Gasteiger charge is 2.25. The molecule has 0 aliphatic carbocycles. The van der Waals surface area contributed by atoms with Gasteiger partial charge in [-0.1, -0.05) is 20.8 Å². The summed E-state index contributed by atoms with van der Waals surface area (Å²) in [5.41, 5.74) is 1.10. The fourth-order valence-electron chi connectivity index (χ4n) is 2.34. The predicted octanol–water partition coefficient (Wildman–Crippen LogP) is 1.43. The molecule has 1 fully saturated rings. The molecule has 0 radical (unpaired) electrons. The zero-order valence-electron chi connectivity index (χ0n) is 12.7. The van der Waals surface area contributed by atoms with Crippen molar-refractivity contribution >= 4 is 5.95 Å². The van der Waals surface area contributed by atoms with Crippen LogP contribution >= 0.6 is 0 Å². The molecule has 0 bridgehead atoms. The van der Waals surface area contributed by atoms with E-state index in [-0.39, 0.29) is 6.10 Å². The molecule has 0 amide bonds. The van der Waals surface area contributed by atoms with Crippen molar-refractivity contribution < 1.29 is 5.11 Å². The molecule has 1 aromatic rings. The Labute approximate surface area is 121 Å². The van der Waals surface area contributed by atoms with E-state index in [0.29, 0.717) is 18.4 Å². The van der Waals surface area contributed by atoms with Crippen LogP contribution in [0.3, 0.4) is 0 Å². The van der Waals surface area contributed by atoms with E-state index >= 15 is 0 Å². The van der Waals surface area contributed by atoms with Crippen LogP contribution in [0, 0.1) is 11.8 Å². The smallest absolute Gasteiger partial charge is 0.225 e. The summed E-state index contributed by atoms with van der Waals surface area (Å²) in [5, 5.41) is 13.3. The van der Waals surface area contributed by atoms with Gasteiger partial charge >= 0.3 is 0 Å². The highest BCUT2D eigenvalue weighted by molar-refractivity contribution is 5.31. The summed E-state index contributed by atoms with van der Waals surface area (Å²) in [6.45, 7) is 9.82. The summed E-state index contributed by atoms with van der Waals surface area (Å²) in [5.74, 6) is 1.74. The number of rotatable bonds is 5. The molecule has 5 heteroatoms. The second-order valence-electron chi connectivity index (χ2n) is 6.20. The molecule has 1 aliphatic rings. The van der Waals surface area contributed by atoms with Gasteiger partial charge in [0.2, 0.25) is 5.95 Å². The summed E-state index contributed by atoms with van der Waals surface area (Å²) in [6, 6.07) is 0. The molecule has 5 nitrogen and oxygen atoms in total. The Hall–Kier alpha value is -1.20. The molecule has 0 spiro atoms. The summed E-state index contributed by atoms with van der Waals surface area (Å²) >= 11 is 0. The first-order chi connectivity index (χ1) is 9.56. The fourth-order valence-corrected chi connectivity index (χ4v) is 2.34. The van der Waals surface area contributed by atoms with Crippen molar-refractivity contribution in [3.63, 3.8) is 0 Å². The number of aliphatic hydroxyl groups is 1. The summed E-state index contributed by atoms with van der Waals surface area (Å²) < 4.78 is 0. The second-order valence-corrected chi connectivity index (χ2v) is 6.20. The van der Waals surface area contributed by atoms with Crippen LogP contribution in [-0.2, 0) is 6.54 Å².